The van der Waals surface area contributed by atoms with Crippen molar-refractivity contribution in [2.45, 2.75) is 29.9 Å². The lowest BCUT2D eigenvalue weighted by Gasteiger charge is -2.14. The molecule has 36 heavy (non-hydrogen) atoms. The molecule has 8 nitrogen and oxygen atoms in total. The molecule has 0 aliphatic rings. The minimum absolute atomic E-state index is 0.0475. The number of fused-ring (bicyclic) bond motifs is 1. The Morgan fingerprint density at radius 3 is 2.44 bits per heavy atom. The molecule has 10 heteroatoms. The summed E-state index contributed by atoms with van der Waals surface area (Å²) in [5.41, 5.74) is 3.28. The van der Waals surface area contributed by atoms with E-state index >= 15 is 0 Å². The number of hydrogen-bond acceptors (Lipinski definition) is 6. The van der Waals surface area contributed by atoms with Crippen molar-refractivity contribution in [2.24, 2.45) is 5.14 Å². The number of nitrogens with two attached hydrogens (primary N) is 1. The van der Waals surface area contributed by atoms with E-state index in [1.54, 1.807) is 16.7 Å². The molecule has 3 N–H and O–H groups in total. The van der Waals surface area contributed by atoms with Crippen LogP contribution in [0.1, 0.15) is 16.7 Å². The number of thioether (sulfide) groups is 1. The van der Waals surface area contributed by atoms with Crippen LogP contribution in [0.15, 0.2) is 87.6 Å². The molecule has 0 saturated heterocycles. The van der Waals surface area contributed by atoms with E-state index in [9.17, 15) is 18.0 Å². The Kier molecular flexibility index (Phi) is 7.88. The summed E-state index contributed by atoms with van der Waals surface area (Å²) in [6, 6.07) is 21.5. The topological polar surface area (TPSA) is 124 Å². The van der Waals surface area contributed by atoms with Crippen LogP contribution in [0.25, 0.3) is 10.9 Å². The maximum atomic E-state index is 13.3. The fourth-order valence-corrected chi connectivity index (χ4v) is 5.05. The van der Waals surface area contributed by atoms with E-state index < -0.39 is 10.0 Å². The number of aromatic nitrogens is 2. The molecule has 1 heterocycles. The van der Waals surface area contributed by atoms with Gasteiger partial charge in [-0.2, -0.15) is 0 Å². The average Bonchev–Trinajstić information content (AvgIpc) is 2.85. The molecule has 0 bridgehead atoms. The smallest absolute Gasteiger partial charge is 0.262 e. The standard InChI is InChI=1S/C26H26N4O4S2/c1-18-7-12-23-22(15-18)25(32)30(16-20-5-3-2-4-6-20)26(29-23)35-17-24(31)28-14-13-19-8-10-21(11-9-19)36(27,33)34/h2-12,15H,13-14,16-17H2,1H3,(H,28,31)(H2,27,33,34). The van der Waals surface area contributed by atoms with Gasteiger partial charge < -0.3 is 5.32 Å². The Labute approximate surface area is 213 Å². The van der Waals surface area contributed by atoms with E-state index in [0.717, 1.165) is 16.7 Å². The maximum absolute atomic E-state index is 13.3. The van der Waals surface area contributed by atoms with Crippen molar-refractivity contribution in [1.82, 2.24) is 14.9 Å². The fraction of sp³-hybridized carbons (Fsp3) is 0.192. The van der Waals surface area contributed by atoms with Crippen molar-refractivity contribution in [3.63, 3.8) is 0 Å². The van der Waals surface area contributed by atoms with Crippen LogP contribution in [-0.4, -0.2) is 36.2 Å². The number of benzene rings is 3. The van der Waals surface area contributed by atoms with Crippen molar-refractivity contribution in [3.8, 4) is 0 Å². The van der Waals surface area contributed by atoms with Crippen LogP contribution in [0.2, 0.25) is 0 Å². The van der Waals surface area contributed by atoms with Crippen LogP contribution >= 0.6 is 11.8 Å². The first-order valence-electron chi connectivity index (χ1n) is 11.3. The van der Waals surface area contributed by atoms with Gasteiger partial charge in [-0.3, -0.25) is 14.2 Å². The van der Waals surface area contributed by atoms with Crippen molar-refractivity contribution < 1.29 is 13.2 Å². The zero-order chi connectivity index (χ0) is 25.7. The molecule has 0 radical (unpaired) electrons. The second-order valence-electron chi connectivity index (χ2n) is 8.37. The Balaban J connectivity index is 1.44. The highest BCUT2D eigenvalue weighted by Gasteiger charge is 2.14. The number of nitrogens with zero attached hydrogens (tertiary/aromatic N) is 2. The van der Waals surface area contributed by atoms with E-state index in [2.05, 4.69) is 10.3 Å². The SMILES string of the molecule is Cc1ccc2nc(SCC(=O)NCCc3ccc(S(N)(=O)=O)cc3)n(Cc3ccccc3)c(=O)c2c1. The fourth-order valence-electron chi connectivity index (χ4n) is 3.70. The third-order valence-corrected chi connectivity index (χ3v) is 7.48. The van der Waals surface area contributed by atoms with Crippen LogP contribution in [0.3, 0.4) is 0 Å². The van der Waals surface area contributed by atoms with Gasteiger partial charge in [-0.1, -0.05) is 65.9 Å². The highest BCUT2D eigenvalue weighted by molar-refractivity contribution is 7.99. The first-order chi connectivity index (χ1) is 17.2. The van der Waals surface area contributed by atoms with Gasteiger partial charge in [-0.25, -0.2) is 18.5 Å². The predicted octanol–water partition coefficient (Wildman–Crippen LogP) is 2.85. The molecule has 0 aliphatic carbocycles. The number of hydrogen-bond donors (Lipinski definition) is 2. The van der Waals surface area contributed by atoms with Crippen LogP contribution in [0.5, 0.6) is 0 Å². The number of primary sulfonamides is 1. The molecule has 0 spiro atoms. The van der Waals surface area contributed by atoms with Crippen molar-refractivity contribution in [3.05, 3.63) is 99.8 Å². The quantitative estimate of drug-likeness (QED) is 0.257. The molecule has 0 fully saturated rings. The molecule has 3 aromatic carbocycles. The lowest BCUT2D eigenvalue weighted by molar-refractivity contribution is -0.118. The molecular formula is C26H26N4O4S2. The second kappa shape index (κ2) is 11.1. The van der Waals surface area contributed by atoms with Crippen molar-refractivity contribution >= 4 is 38.6 Å². The van der Waals surface area contributed by atoms with E-state index in [4.69, 9.17) is 5.14 Å². The molecule has 0 saturated carbocycles. The Bertz CT molecular complexity index is 1550. The van der Waals surface area contributed by atoms with Gasteiger partial charge in [0.15, 0.2) is 5.16 Å². The van der Waals surface area contributed by atoms with Crippen LogP contribution in [0, 0.1) is 6.92 Å². The van der Waals surface area contributed by atoms with E-state index in [1.807, 2.05) is 55.5 Å². The summed E-state index contributed by atoms with van der Waals surface area (Å²) in [5.74, 6) is -0.0890. The Hall–Kier alpha value is -3.47. The van der Waals surface area contributed by atoms with E-state index in [-0.39, 0.29) is 22.1 Å². The van der Waals surface area contributed by atoms with Gasteiger partial charge in [0, 0.05) is 6.54 Å². The Morgan fingerprint density at radius 1 is 1.03 bits per heavy atom. The zero-order valence-electron chi connectivity index (χ0n) is 19.7. The summed E-state index contributed by atoms with van der Waals surface area (Å²) in [6.07, 6.45) is 0.535. The largest absolute Gasteiger partial charge is 0.355 e. The monoisotopic (exact) mass is 522 g/mol. The summed E-state index contributed by atoms with van der Waals surface area (Å²) in [7, 11) is -3.73. The first-order valence-corrected chi connectivity index (χ1v) is 13.8. The number of carbonyl (C=O) groups excluding carboxylic acids is 1. The molecule has 0 aliphatic heterocycles. The summed E-state index contributed by atoms with van der Waals surface area (Å²) < 4.78 is 24.3. The number of sulfonamides is 1. The first kappa shape index (κ1) is 25.6. The molecule has 1 amide bonds. The molecular weight excluding hydrogens is 496 g/mol. The zero-order valence-corrected chi connectivity index (χ0v) is 21.3. The van der Waals surface area contributed by atoms with Crippen molar-refractivity contribution in [2.75, 3.05) is 12.3 Å². The molecule has 1 aromatic heterocycles. The molecule has 0 atom stereocenters. The number of rotatable bonds is 9. The van der Waals surface area contributed by atoms with Gasteiger partial charge in [0.2, 0.25) is 15.9 Å². The molecule has 186 valence electrons. The summed E-state index contributed by atoms with van der Waals surface area (Å²) in [5, 5.41) is 9.00. The normalized spacial score (nSPS) is 11.5. The van der Waals surface area contributed by atoms with Crippen molar-refractivity contribution in [1.29, 1.82) is 0 Å². The highest BCUT2D eigenvalue weighted by atomic mass is 32.2. The number of nitrogens with one attached hydrogen (secondary N) is 1. The maximum Gasteiger partial charge on any atom is 0.262 e. The minimum atomic E-state index is -3.73. The van der Waals surface area contributed by atoms with Gasteiger partial charge in [0.05, 0.1) is 28.1 Å². The minimum Gasteiger partial charge on any atom is -0.355 e. The Morgan fingerprint density at radius 2 is 1.75 bits per heavy atom. The van der Waals surface area contributed by atoms with Gasteiger partial charge in [-0.05, 0) is 48.7 Å². The van der Waals surface area contributed by atoms with Gasteiger partial charge in [-0.15, -0.1) is 0 Å². The molecule has 4 rings (SSSR count). The summed E-state index contributed by atoms with van der Waals surface area (Å²) >= 11 is 1.22. The van der Waals surface area contributed by atoms with E-state index in [0.29, 0.717) is 35.6 Å². The molecule has 0 unspecified atom stereocenters. The number of aryl methyl sites for hydroxylation is 1. The summed E-state index contributed by atoms with van der Waals surface area (Å²) in [4.78, 5) is 30.6. The van der Waals surface area contributed by atoms with Gasteiger partial charge in [0.1, 0.15) is 0 Å². The third kappa shape index (κ3) is 6.39. The third-order valence-electron chi connectivity index (χ3n) is 5.58. The lowest BCUT2D eigenvalue weighted by Crippen LogP contribution is -2.28. The number of carbonyl (C=O) groups is 1. The van der Waals surface area contributed by atoms with Gasteiger partial charge >= 0.3 is 0 Å². The number of amides is 1. The van der Waals surface area contributed by atoms with Gasteiger partial charge in [0.25, 0.3) is 5.56 Å². The van der Waals surface area contributed by atoms with Crippen LogP contribution < -0.4 is 16.0 Å². The highest BCUT2D eigenvalue weighted by Crippen LogP contribution is 2.20. The van der Waals surface area contributed by atoms with Crippen LogP contribution in [0.4, 0.5) is 0 Å². The predicted molar refractivity (Wildman–Crippen MR) is 142 cm³/mol. The summed E-state index contributed by atoms with van der Waals surface area (Å²) in [6.45, 7) is 2.67. The van der Waals surface area contributed by atoms with E-state index in [1.165, 1.54) is 23.9 Å². The molecule has 4 aromatic rings. The second-order valence-corrected chi connectivity index (χ2v) is 10.9. The average molecular weight is 523 g/mol. The van der Waals surface area contributed by atoms with Crippen LogP contribution in [-0.2, 0) is 27.8 Å². The lowest BCUT2D eigenvalue weighted by atomic mass is 10.1.